The number of rotatable bonds is 7. The summed E-state index contributed by atoms with van der Waals surface area (Å²) in [4.78, 5) is 38.3. The largest absolute Gasteiger partial charge is 0.497 e. The van der Waals surface area contributed by atoms with Crippen LogP contribution in [0.4, 0.5) is 11.4 Å². The van der Waals surface area contributed by atoms with Crippen LogP contribution in [0.2, 0.25) is 0 Å². The van der Waals surface area contributed by atoms with Crippen molar-refractivity contribution in [1.29, 1.82) is 0 Å². The molecule has 0 radical (unpaired) electrons. The van der Waals surface area contributed by atoms with E-state index in [-0.39, 0.29) is 25.5 Å². The van der Waals surface area contributed by atoms with Gasteiger partial charge in [-0.25, -0.2) is 0 Å². The number of nitrogens with one attached hydrogen (secondary N) is 1. The standard InChI is InChI=1S/C22H24N2O5/c1-3-15-6-4-5-7-19(15)23-20(25)14-29-22(27)16-12-21(26)24(13-16)17-8-10-18(28-2)11-9-17/h4-11,16H,3,12-14H2,1-2H3,(H,23,25). The Morgan fingerprint density at radius 2 is 1.86 bits per heavy atom. The van der Waals surface area contributed by atoms with E-state index in [1.807, 2.05) is 25.1 Å². The Morgan fingerprint density at radius 3 is 2.55 bits per heavy atom. The zero-order valence-electron chi connectivity index (χ0n) is 16.5. The molecule has 2 aromatic rings. The molecule has 0 spiro atoms. The van der Waals surface area contributed by atoms with Crippen molar-refractivity contribution < 1.29 is 23.9 Å². The van der Waals surface area contributed by atoms with E-state index in [4.69, 9.17) is 9.47 Å². The maximum absolute atomic E-state index is 12.3. The van der Waals surface area contributed by atoms with Gasteiger partial charge in [0, 0.05) is 24.3 Å². The molecule has 0 bridgehead atoms. The molecule has 0 aliphatic carbocycles. The maximum atomic E-state index is 12.3. The van der Waals surface area contributed by atoms with Gasteiger partial charge in [-0.05, 0) is 42.3 Å². The van der Waals surface area contributed by atoms with Crippen LogP contribution in [0.25, 0.3) is 0 Å². The number of methoxy groups -OCH3 is 1. The van der Waals surface area contributed by atoms with Crippen molar-refractivity contribution in [2.45, 2.75) is 19.8 Å². The molecule has 1 aliphatic rings. The van der Waals surface area contributed by atoms with E-state index >= 15 is 0 Å². The molecule has 152 valence electrons. The second-order valence-electron chi connectivity index (χ2n) is 6.77. The maximum Gasteiger partial charge on any atom is 0.311 e. The van der Waals surface area contributed by atoms with Gasteiger partial charge in [0.2, 0.25) is 5.91 Å². The van der Waals surface area contributed by atoms with Crippen LogP contribution in [0.15, 0.2) is 48.5 Å². The second kappa shape index (κ2) is 9.23. The summed E-state index contributed by atoms with van der Waals surface area (Å²) in [5, 5.41) is 2.76. The number of nitrogens with zero attached hydrogens (tertiary/aromatic N) is 1. The lowest BCUT2D eigenvalue weighted by atomic mass is 10.1. The van der Waals surface area contributed by atoms with Crippen LogP contribution < -0.4 is 15.0 Å². The number of esters is 1. The molecule has 1 atom stereocenters. The molecular formula is C22H24N2O5. The van der Waals surface area contributed by atoms with Crippen molar-refractivity contribution >= 4 is 29.2 Å². The van der Waals surface area contributed by atoms with Crippen LogP contribution in [0.5, 0.6) is 5.75 Å². The molecule has 1 N–H and O–H groups in total. The molecule has 1 saturated heterocycles. The minimum atomic E-state index is -0.597. The van der Waals surface area contributed by atoms with Crippen LogP contribution >= 0.6 is 0 Å². The zero-order valence-corrected chi connectivity index (χ0v) is 16.5. The topological polar surface area (TPSA) is 84.9 Å². The number of carbonyl (C=O) groups is 3. The van der Waals surface area contributed by atoms with E-state index in [0.717, 1.165) is 12.0 Å². The lowest BCUT2D eigenvalue weighted by Crippen LogP contribution is -2.28. The third-order valence-corrected chi connectivity index (χ3v) is 4.86. The van der Waals surface area contributed by atoms with Crippen molar-refractivity contribution in [3.63, 3.8) is 0 Å². The molecule has 1 aliphatic heterocycles. The molecule has 0 saturated carbocycles. The van der Waals surface area contributed by atoms with Gasteiger partial charge in [-0.2, -0.15) is 0 Å². The van der Waals surface area contributed by atoms with Crippen molar-refractivity contribution in [1.82, 2.24) is 0 Å². The fraction of sp³-hybridized carbons (Fsp3) is 0.318. The lowest BCUT2D eigenvalue weighted by Gasteiger charge is -2.17. The molecule has 3 rings (SSSR count). The summed E-state index contributed by atoms with van der Waals surface area (Å²) < 4.78 is 10.3. The first-order chi connectivity index (χ1) is 14.0. The smallest absolute Gasteiger partial charge is 0.311 e. The van der Waals surface area contributed by atoms with Gasteiger partial charge in [-0.3, -0.25) is 14.4 Å². The Hall–Kier alpha value is -3.35. The van der Waals surface area contributed by atoms with Gasteiger partial charge >= 0.3 is 5.97 Å². The van der Waals surface area contributed by atoms with Gasteiger partial charge in [-0.1, -0.05) is 25.1 Å². The first-order valence-corrected chi connectivity index (χ1v) is 9.50. The second-order valence-corrected chi connectivity index (χ2v) is 6.77. The summed E-state index contributed by atoms with van der Waals surface area (Å²) in [6.45, 7) is 1.84. The summed E-state index contributed by atoms with van der Waals surface area (Å²) in [6, 6.07) is 14.5. The van der Waals surface area contributed by atoms with Crippen LogP contribution in [0.1, 0.15) is 18.9 Å². The molecule has 0 aromatic heterocycles. The van der Waals surface area contributed by atoms with E-state index in [2.05, 4.69) is 5.32 Å². The minimum Gasteiger partial charge on any atom is -0.497 e. The summed E-state index contributed by atoms with van der Waals surface area (Å²) in [5.74, 6) is -1.02. The molecule has 1 unspecified atom stereocenters. The number of para-hydroxylation sites is 1. The van der Waals surface area contributed by atoms with Crippen molar-refractivity contribution in [3.8, 4) is 5.75 Å². The first kappa shape index (κ1) is 20.4. The lowest BCUT2D eigenvalue weighted by molar-refractivity contribution is -0.151. The van der Waals surface area contributed by atoms with E-state index in [9.17, 15) is 14.4 Å². The van der Waals surface area contributed by atoms with Gasteiger partial charge in [0.15, 0.2) is 6.61 Å². The number of aryl methyl sites for hydroxylation is 1. The van der Waals surface area contributed by atoms with E-state index in [0.29, 0.717) is 17.1 Å². The number of ether oxygens (including phenoxy) is 2. The highest BCUT2D eigenvalue weighted by Crippen LogP contribution is 2.27. The van der Waals surface area contributed by atoms with E-state index in [1.165, 1.54) is 0 Å². The molecule has 29 heavy (non-hydrogen) atoms. The van der Waals surface area contributed by atoms with Gasteiger partial charge in [0.1, 0.15) is 5.75 Å². The van der Waals surface area contributed by atoms with Crippen LogP contribution in [-0.2, 0) is 25.5 Å². The van der Waals surface area contributed by atoms with Crippen LogP contribution in [0, 0.1) is 5.92 Å². The average Bonchev–Trinajstić information content (AvgIpc) is 3.14. The summed E-state index contributed by atoms with van der Waals surface area (Å²) >= 11 is 0. The van der Waals surface area contributed by atoms with E-state index < -0.39 is 17.8 Å². The Labute approximate surface area is 169 Å². The normalized spacial score (nSPS) is 15.9. The quantitative estimate of drug-likeness (QED) is 0.728. The third-order valence-electron chi connectivity index (χ3n) is 4.86. The van der Waals surface area contributed by atoms with E-state index in [1.54, 1.807) is 42.3 Å². The van der Waals surface area contributed by atoms with Crippen LogP contribution in [0.3, 0.4) is 0 Å². The van der Waals surface area contributed by atoms with Gasteiger partial charge in [0.05, 0.1) is 13.0 Å². The van der Waals surface area contributed by atoms with Crippen molar-refractivity contribution in [3.05, 3.63) is 54.1 Å². The predicted octanol–water partition coefficient (Wildman–Crippen LogP) is 2.79. The number of anilines is 2. The minimum absolute atomic E-state index is 0.0607. The molecule has 7 nitrogen and oxygen atoms in total. The molecule has 1 fully saturated rings. The Kier molecular flexibility index (Phi) is 6.49. The Balaban J connectivity index is 1.53. The van der Waals surface area contributed by atoms with Crippen molar-refractivity contribution in [2.24, 2.45) is 5.92 Å². The third kappa shape index (κ3) is 4.93. The molecule has 2 amide bonds. The summed E-state index contributed by atoms with van der Waals surface area (Å²) in [7, 11) is 1.57. The fourth-order valence-corrected chi connectivity index (χ4v) is 3.27. The highest BCUT2D eigenvalue weighted by molar-refractivity contribution is 6.00. The highest BCUT2D eigenvalue weighted by Gasteiger charge is 2.36. The predicted molar refractivity (Wildman–Crippen MR) is 109 cm³/mol. The van der Waals surface area contributed by atoms with Gasteiger partial charge in [0.25, 0.3) is 5.91 Å². The average molecular weight is 396 g/mol. The molecule has 1 heterocycles. The monoisotopic (exact) mass is 396 g/mol. The van der Waals surface area contributed by atoms with Crippen molar-refractivity contribution in [2.75, 3.05) is 30.5 Å². The van der Waals surface area contributed by atoms with Gasteiger partial charge in [-0.15, -0.1) is 0 Å². The highest BCUT2D eigenvalue weighted by atomic mass is 16.5. The number of hydrogen-bond acceptors (Lipinski definition) is 5. The summed E-state index contributed by atoms with van der Waals surface area (Å²) in [6.07, 6.45) is 0.840. The molecule has 2 aromatic carbocycles. The fourth-order valence-electron chi connectivity index (χ4n) is 3.27. The first-order valence-electron chi connectivity index (χ1n) is 9.50. The number of benzene rings is 2. The number of hydrogen-bond donors (Lipinski definition) is 1. The Bertz CT molecular complexity index is 894. The molecular weight excluding hydrogens is 372 g/mol. The molecule has 7 heteroatoms. The van der Waals surface area contributed by atoms with Crippen LogP contribution in [-0.4, -0.2) is 38.0 Å². The van der Waals surface area contributed by atoms with Gasteiger partial charge < -0.3 is 19.7 Å². The SMILES string of the molecule is CCc1ccccc1NC(=O)COC(=O)C1CC(=O)N(c2ccc(OC)cc2)C1. The number of amides is 2. The zero-order chi connectivity index (χ0) is 20.8. The number of carbonyl (C=O) groups excluding carboxylic acids is 3. The summed E-state index contributed by atoms with van der Waals surface area (Å²) in [5.41, 5.74) is 2.40. The Morgan fingerprint density at radius 1 is 1.14 bits per heavy atom.